The standard InChI is InChI=1S/C9H9IN4O2/c1-5-7(13-16-12-5)3-14-4-11-6(2)8(10)9(14)15/h4H,3H2,1-2H3. The van der Waals surface area contributed by atoms with E-state index in [0.717, 1.165) is 5.69 Å². The number of rotatable bonds is 2. The van der Waals surface area contributed by atoms with E-state index in [1.807, 2.05) is 22.6 Å². The van der Waals surface area contributed by atoms with Gasteiger partial charge in [-0.15, -0.1) is 0 Å². The summed E-state index contributed by atoms with van der Waals surface area (Å²) in [7, 11) is 0. The number of aromatic nitrogens is 4. The van der Waals surface area contributed by atoms with Crippen LogP contribution in [0, 0.1) is 17.4 Å². The van der Waals surface area contributed by atoms with Crippen molar-refractivity contribution in [2.24, 2.45) is 0 Å². The molecule has 0 bridgehead atoms. The molecule has 0 aliphatic rings. The molecule has 16 heavy (non-hydrogen) atoms. The second kappa shape index (κ2) is 4.32. The summed E-state index contributed by atoms with van der Waals surface area (Å²) in [6.07, 6.45) is 1.51. The molecule has 7 heteroatoms. The summed E-state index contributed by atoms with van der Waals surface area (Å²) in [6, 6.07) is 0. The maximum absolute atomic E-state index is 11.9. The molecule has 2 rings (SSSR count). The number of hydrogen-bond acceptors (Lipinski definition) is 5. The molecule has 0 aliphatic heterocycles. The first-order valence-corrected chi connectivity index (χ1v) is 5.67. The van der Waals surface area contributed by atoms with E-state index in [0.29, 0.717) is 21.5 Å². The molecule has 84 valence electrons. The average Bonchev–Trinajstić information content (AvgIpc) is 2.65. The van der Waals surface area contributed by atoms with Crippen molar-refractivity contribution in [2.75, 3.05) is 0 Å². The minimum absolute atomic E-state index is 0.0736. The lowest BCUT2D eigenvalue weighted by Gasteiger charge is -2.04. The Balaban J connectivity index is 2.40. The van der Waals surface area contributed by atoms with Crippen molar-refractivity contribution in [3.8, 4) is 0 Å². The van der Waals surface area contributed by atoms with E-state index in [9.17, 15) is 4.79 Å². The monoisotopic (exact) mass is 332 g/mol. The molecule has 0 aliphatic carbocycles. The highest BCUT2D eigenvalue weighted by Gasteiger charge is 2.10. The highest BCUT2D eigenvalue weighted by Crippen LogP contribution is 2.05. The van der Waals surface area contributed by atoms with Gasteiger partial charge in [0.2, 0.25) is 0 Å². The normalized spacial score (nSPS) is 10.7. The molecule has 0 amide bonds. The van der Waals surface area contributed by atoms with Gasteiger partial charge in [-0.1, -0.05) is 10.3 Å². The number of aryl methyl sites for hydroxylation is 2. The quantitative estimate of drug-likeness (QED) is 0.764. The van der Waals surface area contributed by atoms with Gasteiger partial charge in [0.05, 0.1) is 22.1 Å². The van der Waals surface area contributed by atoms with Crippen molar-refractivity contribution >= 4 is 22.6 Å². The number of halogens is 1. The zero-order valence-electron chi connectivity index (χ0n) is 8.77. The van der Waals surface area contributed by atoms with Gasteiger partial charge >= 0.3 is 0 Å². The maximum Gasteiger partial charge on any atom is 0.267 e. The zero-order valence-corrected chi connectivity index (χ0v) is 10.9. The first-order chi connectivity index (χ1) is 7.59. The van der Waals surface area contributed by atoms with Crippen molar-refractivity contribution in [1.82, 2.24) is 19.9 Å². The third-order valence-corrected chi connectivity index (χ3v) is 3.47. The van der Waals surface area contributed by atoms with Gasteiger partial charge in [0.15, 0.2) is 0 Å². The van der Waals surface area contributed by atoms with E-state index in [1.165, 1.54) is 10.9 Å². The largest absolute Gasteiger partial charge is 0.292 e. The first kappa shape index (κ1) is 11.2. The van der Waals surface area contributed by atoms with Gasteiger partial charge in [-0.2, -0.15) is 0 Å². The minimum Gasteiger partial charge on any atom is -0.292 e. The molecule has 2 aromatic rings. The Bertz CT molecular complexity index is 575. The van der Waals surface area contributed by atoms with Crippen LogP contribution >= 0.6 is 22.6 Å². The number of nitrogens with zero attached hydrogens (tertiary/aromatic N) is 4. The van der Waals surface area contributed by atoms with Crippen LogP contribution < -0.4 is 5.56 Å². The fourth-order valence-corrected chi connectivity index (χ4v) is 1.66. The molecule has 0 aromatic carbocycles. The fraction of sp³-hybridized carbons (Fsp3) is 0.333. The van der Waals surface area contributed by atoms with Crippen molar-refractivity contribution in [1.29, 1.82) is 0 Å². The molecule has 0 radical (unpaired) electrons. The molecule has 0 unspecified atom stereocenters. The molecule has 0 atom stereocenters. The van der Waals surface area contributed by atoms with Crippen LogP contribution in [-0.2, 0) is 6.54 Å². The van der Waals surface area contributed by atoms with Gasteiger partial charge in [0.25, 0.3) is 5.56 Å². The third kappa shape index (κ3) is 1.99. The van der Waals surface area contributed by atoms with E-state index in [1.54, 1.807) is 13.8 Å². The molecule has 0 N–H and O–H groups in total. The Labute approximate surface area is 105 Å². The first-order valence-electron chi connectivity index (χ1n) is 4.59. The van der Waals surface area contributed by atoms with Crippen molar-refractivity contribution < 1.29 is 4.63 Å². The zero-order chi connectivity index (χ0) is 11.7. The van der Waals surface area contributed by atoms with Gasteiger partial charge < -0.3 is 0 Å². The lowest BCUT2D eigenvalue weighted by atomic mass is 10.3. The fourth-order valence-electron chi connectivity index (χ4n) is 1.21. The van der Waals surface area contributed by atoms with Gasteiger partial charge in [-0.3, -0.25) is 9.36 Å². The Morgan fingerprint density at radius 3 is 2.75 bits per heavy atom. The van der Waals surface area contributed by atoms with E-state index < -0.39 is 0 Å². The summed E-state index contributed by atoms with van der Waals surface area (Å²) in [5.74, 6) is 0. The van der Waals surface area contributed by atoms with Crippen LogP contribution in [0.5, 0.6) is 0 Å². The summed E-state index contributed by atoms with van der Waals surface area (Å²) in [5, 5.41) is 7.39. The molecule has 2 heterocycles. The highest BCUT2D eigenvalue weighted by molar-refractivity contribution is 14.1. The Hall–Kier alpha value is -1.25. The van der Waals surface area contributed by atoms with Gasteiger partial charge in [0, 0.05) is 0 Å². The van der Waals surface area contributed by atoms with E-state index in [2.05, 4.69) is 19.9 Å². The van der Waals surface area contributed by atoms with Gasteiger partial charge in [0.1, 0.15) is 11.4 Å². The van der Waals surface area contributed by atoms with Crippen LogP contribution in [0.1, 0.15) is 17.1 Å². The van der Waals surface area contributed by atoms with Crippen LogP contribution in [0.3, 0.4) is 0 Å². The second-order valence-corrected chi connectivity index (χ2v) is 4.45. The van der Waals surface area contributed by atoms with Crippen LogP contribution in [0.4, 0.5) is 0 Å². The predicted octanol–water partition coefficient (Wildman–Crippen LogP) is 0.896. The second-order valence-electron chi connectivity index (χ2n) is 3.37. The van der Waals surface area contributed by atoms with E-state index in [4.69, 9.17) is 0 Å². The van der Waals surface area contributed by atoms with Gasteiger partial charge in [-0.25, -0.2) is 9.61 Å². The maximum atomic E-state index is 11.9. The molecule has 0 spiro atoms. The molecular formula is C9H9IN4O2. The molecule has 2 aromatic heterocycles. The summed E-state index contributed by atoms with van der Waals surface area (Å²) in [5.41, 5.74) is 1.98. The summed E-state index contributed by atoms with van der Waals surface area (Å²) < 4.78 is 6.68. The minimum atomic E-state index is -0.0736. The van der Waals surface area contributed by atoms with Crippen LogP contribution in [0.25, 0.3) is 0 Å². The molecule has 0 saturated carbocycles. The smallest absolute Gasteiger partial charge is 0.267 e. The third-order valence-electron chi connectivity index (χ3n) is 2.22. The highest BCUT2D eigenvalue weighted by atomic mass is 127. The summed E-state index contributed by atoms with van der Waals surface area (Å²) in [6.45, 7) is 3.91. The summed E-state index contributed by atoms with van der Waals surface area (Å²) in [4.78, 5) is 16.0. The van der Waals surface area contributed by atoms with Crippen LogP contribution in [0.15, 0.2) is 15.8 Å². The number of hydrogen-bond donors (Lipinski definition) is 0. The predicted molar refractivity (Wildman–Crippen MR) is 64.1 cm³/mol. The molecule has 0 saturated heterocycles. The SMILES string of the molecule is Cc1nonc1Cn1cnc(C)c(I)c1=O. The average molecular weight is 332 g/mol. The van der Waals surface area contributed by atoms with Gasteiger partial charge in [-0.05, 0) is 36.4 Å². The lowest BCUT2D eigenvalue weighted by Crippen LogP contribution is -2.24. The summed E-state index contributed by atoms with van der Waals surface area (Å²) >= 11 is 1.99. The van der Waals surface area contributed by atoms with Crippen LogP contribution in [-0.4, -0.2) is 19.9 Å². The van der Waals surface area contributed by atoms with Crippen molar-refractivity contribution in [3.63, 3.8) is 0 Å². The van der Waals surface area contributed by atoms with Crippen molar-refractivity contribution in [3.05, 3.63) is 37.3 Å². The Kier molecular flexibility index (Phi) is 3.03. The topological polar surface area (TPSA) is 73.8 Å². The van der Waals surface area contributed by atoms with E-state index in [-0.39, 0.29) is 5.56 Å². The van der Waals surface area contributed by atoms with Crippen molar-refractivity contribution in [2.45, 2.75) is 20.4 Å². The molecular weight excluding hydrogens is 323 g/mol. The van der Waals surface area contributed by atoms with E-state index >= 15 is 0 Å². The lowest BCUT2D eigenvalue weighted by molar-refractivity contribution is 0.300. The Morgan fingerprint density at radius 2 is 2.12 bits per heavy atom. The molecule has 0 fully saturated rings. The molecule has 6 nitrogen and oxygen atoms in total. The Morgan fingerprint density at radius 1 is 1.38 bits per heavy atom. The van der Waals surface area contributed by atoms with Crippen LogP contribution in [0.2, 0.25) is 0 Å².